The summed E-state index contributed by atoms with van der Waals surface area (Å²) in [4.78, 5) is 19.8. The largest absolute Gasteiger partial charge is 0.493 e. The number of fused-ring (bicyclic) bond motifs is 2. The van der Waals surface area contributed by atoms with Crippen LogP contribution < -0.4 is 20.1 Å². The first kappa shape index (κ1) is 23.4. The molecule has 3 atom stereocenters. The summed E-state index contributed by atoms with van der Waals surface area (Å²) < 4.78 is 11.0. The molecule has 3 aromatic rings. The number of aryl methyl sites for hydroxylation is 1. The van der Waals surface area contributed by atoms with Crippen LogP contribution in [-0.2, 0) is 5.41 Å². The molecule has 0 radical (unpaired) electrons. The Morgan fingerprint density at radius 1 is 1.06 bits per heavy atom. The van der Waals surface area contributed by atoms with Gasteiger partial charge in [0.25, 0.3) is 0 Å². The summed E-state index contributed by atoms with van der Waals surface area (Å²) in [5.74, 6) is 1.52. The highest BCUT2D eigenvalue weighted by Gasteiger charge is 2.50. The molecule has 1 aliphatic carbocycles. The Balaban J connectivity index is 1.28. The molecule has 0 unspecified atom stereocenters. The lowest BCUT2D eigenvalue weighted by atomic mass is 9.65. The summed E-state index contributed by atoms with van der Waals surface area (Å²) in [6, 6.07) is 16.5. The van der Waals surface area contributed by atoms with Crippen molar-refractivity contribution in [1.29, 1.82) is 0 Å². The van der Waals surface area contributed by atoms with Crippen molar-refractivity contribution >= 4 is 22.6 Å². The third kappa shape index (κ3) is 4.41. The van der Waals surface area contributed by atoms with Gasteiger partial charge in [0.1, 0.15) is 0 Å². The Labute approximate surface area is 206 Å². The van der Waals surface area contributed by atoms with E-state index in [1.807, 2.05) is 43.3 Å². The highest BCUT2D eigenvalue weighted by molar-refractivity contribution is 5.92. The average Bonchev–Trinajstić information content (AvgIpc) is 3.20. The van der Waals surface area contributed by atoms with Gasteiger partial charge in [-0.05, 0) is 88.2 Å². The predicted molar refractivity (Wildman–Crippen MR) is 139 cm³/mol. The number of methoxy groups -OCH3 is 2. The van der Waals surface area contributed by atoms with Crippen molar-refractivity contribution in [2.75, 3.05) is 33.1 Å². The fourth-order valence-electron chi connectivity index (χ4n) is 6.05. The standard InChI is InChI=1S/C28H34N4O3/c1-18-5-6-19-15-21(8-9-23(19)29-18)30-27(33)31-22-11-12-28(13-14-32(2)26(28)17-22)20-7-10-24(34-3)25(16-20)35-4/h5-10,15-16,22,26H,11-14,17H2,1-4H3,(H2,30,31,33)/t22-,26+,28+/m1/s1. The number of likely N-dealkylation sites (tertiary alicyclic amines) is 1. The predicted octanol–water partition coefficient (Wildman–Crippen LogP) is 4.88. The number of hydrogen-bond acceptors (Lipinski definition) is 5. The quantitative estimate of drug-likeness (QED) is 0.551. The van der Waals surface area contributed by atoms with Gasteiger partial charge >= 0.3 is 6.03 Å². The fraction of sp³-hybridized carbons (Fsp3) is 0.429. The Hall–Kier alpha value is -3.32. The topological polar surface area (TPSA) is 75.7 Å². The SMILES string of the molecule is COc1ccc([C@@]23CC[C@@H](NC(=O)Nc4ccc5nc(C)ccc5c4)C[C@@H]2N(C)CC3)cc1OC. The molecule has 7 nitrogen and oxygen atoms in total. The number of amides is 2. The molecular formula is C28H34N4O3. The van der Waals surface area contributed by atoms with Gasteiger partial charge in [-0.3, -0.25) is 4.98 Å². The molecule has 0 bridgehead atoms. The smallest absolute Gasteiger partial charge is 0.319 e. The highest BCUT2D eigenvalue weighted by Crippen LogP contribution is 2.49. The van der Waals surface area contributed by atoms with Gasteiger partial charge in [0.05, 0.1) is 19.7 Å². The van der Waals surface area contributed by atoms with E-state index < -0.39 is 0 Å². The number of nitrogens with one attached hydrogen (secondary N) is 2. The number of urea groups is 1. The summed E-state index contributed by atoms with van der Waals surface area (Å²) in [5.41, 5.74) is 4.04. The second-order valence-corrected chi connectivity index (χ2v) is 9.90. The van der Waals surface area contributed by atoms with Crippen molar-refractivity contribution in [2.45, 2.75) is 50.1 Å². The van der Waals surface area contributed by atoms with Gasteiger partial charge in [-0.2, -0.15) is 0 Å². The molecule has 35 heavy (non-hydrogen) atoms. The van der Waals surface area contributed by atoms with Gasteiger partial charge in [-0.25, -0.2) is 4.79 Å². The molecule has 1 aromatic heterocycles. The molecule has 2 amide bonds. The van der Waals surface area contributed by atoms with Gasteiger partial charge < -0.3 is 25.0 Å². The number of likely N-dealkylation sites (N-methyl/N-ethyl adjacent to an activating group) is 1. The molecule has 1 aliphatic heterocycles. The molecule has 184 valence electrons. The minimum atomic E-state index is -0.159. The molecule has 0 spiro atoms. The third-order valence-electron chi connectivity index (χ3n) is 7.91. The molecule has 1 saturated carbocycles. The van der Waals surface area contributed by atoms with Crippen molar-refractivity contribution in [1.82, 2.24) is 15.2 Å². The first-order valence-corrected chi connectivity index (χ1v) is 12.3. The zero-order valence-electron chi connectivity index (χ0n) is 20.9. The van der Waals surface area contributed by atoms with Crippen LogP contribution in [0.3, 0.4) is 0 Å². The zero-order valence-corrected chi connectivity index (χ0v) is 20.9. The van der Waals surface area contributed by atoms with Crippen LogP contribution >= 0.6 is 0 Å². The van der Waals surface area contributed by atoms with Crippen LogP contribution in [0.15, 0.2) is 48.5 Å². The molecule has 2 heterocycles. The molecule has 7 heteroatoms. The Bertz CT molecular complexity index is 1250. The number of rotatable bonds is 5. The van der Waals surface area contributed by atoms with Crippen molar-refractivity contribution in [3.05, 3.63) is 59.8 Å². The maximum Gasteiger partial charge on any atom is 0.319 e. The number of carbonyl (C=O) groups is 1. The van der Waals surface area contributed by atoms with Gasteiger partial charge in [0.15, 0.2) is 11.5 Å². The second kappa shape index (κ2) is 9.38. The van der Waals surface area contributed by atoms with Gasteiger partial charge in [-0.15, -0.1) is 0 Å². The lowest BCUT2D eigenvalue weighted by molar-refractivity contribution is 0.156. The number of pyridine rings is 1. The molecule has 1 saturated heterocycles. The minimum Gasteiger partial charge on any atom is -0.493 e. The number of nitrogens with zero attached hydrogens (tertiary/aromatic N) is 2. The zero-order chi connectivity index (χ0) is 24.6. The Kier molecular flexibility index (Phi) is 6.28. The molecule has 2 aromatic carbocycles. The van der Waals surface area contributed by atoms with Crippen LogP contribution in [0, 0.1) is 6.92 Å². The van der Waals surface area contributed by atoms with Crippen molar-refractivity contribution in [3.8, 4) is 11.5 Å². The van der Waals surface area contributed by atoms with E-state index in [2.05, 4.69) is 39.7 Å². The number of carbonyl (C=O) groups excluding carboxylic acids is 1. The lowest BCUT2D eigenvalue weighted by Gasteiger charge is -2.45. The van der Waals surface area contributed by atoms with Crippen LogP contribution in [0.4, 0.5) is 10.5 Å². The van der Waals surface area contributed by atoms with Gasteiger partial charge in [0, 0.05) is 34.3 Å². The van der Waals surface area contributed by atoms with Gasteiger partial charge in [-0.1, -0.05) is 12.1 Å². The van der Waals surface area contributed by atoms with Crippen molar-refractivity contribution in [3.63, 3.8) is 0 Å². The average molecular weight is 475 g/mol. The molecule has 2 N–H and O–H groups in total. The normalized spacial score (nSPS) is 24.1. The van der Waals surface area contributed by atoms with E-state index in [0.29, 0.717) is 6.04 Å². The van der Waals surface area contributed by atoms with E-state index in [-0.39, 0.29) is 17.5 Å². The van der Waals surface area contributed by atoms with Crippen LogP contribution in [-0.4, -0.2) is 55.8 Å². The molecular weight excluding hydrogens is 440 g/mol. The van der Waals surface area contributed by atoms with E-state index >= 15 is 0 Å². The minimum absolute atomic E-state index is 0.0619. The first-order chi connectivity index (χ1) is 16.9. The summed E-state index contributed by atoms with van der Waals surface area (Å²) in [5, 5.41) is 7.26. The number of aromatic nitrogens is 1. The van der Waals surface area contributed by atoms with E-state index in [1.54, 1.807) is 14.2 Å². The number of hydrogen-bond donors (Lipinski definition) is 2. The van der Waals surface area contributed by atoms with E-state index in [1.165, 1.54) is 5.56 Å². The third-order valence-corrected chi connectivity index (χ3v) is 7.91. The van der Waals surface area contributed by atoms with Gasteiger partial charge in [0.2, 0.25) is 0 Å². The summed E-state index contributed by atoms with van der Waals surface area (Å²) in [7, 11) is 5.55. The Morgan fingerprint density at radius 3 is 2.69 bits per heavy atom. The maximum absolute atomic E-state index is 12.9. The van der Waals surface area contributed by atoms with Crippen LogP contribution in [0.1, 0.15) is 36.9 Å². The first-order valence-electron chi connectivity index (χ1n) is 12.3. The lowest BCUT2D eigenvalue weighted by Crippen LogP contribution is -2.52. The van der Waals surface area contributed by atoms with Crippen LogP contribution in [0.25, 0.3) is 10.9 Å². The Morgan fingerprint density at radius 2 is 1.89 bits per heavy atom. The fourth-order valence-corrected chi connectivity index (χ4v) is 6.05. The second-order valence-electron chi connectivity index (χ2n) is 9.90. The molecule has 2 fully saturated rings. The summed E-state index contributed by atoms with van der Waals surface area (Å²) >= 11 is 0. The van der Waals surface area contributed by atoms with Crippen LogP contribution in [0.2, 0.25) is 0 Å². The van der Waals surface area contributed by atoms with E-state index in [9.17, 15) is 4.79 Å². The number of ether oxygens (including phenoxy) is 2. The number of anilines is 1. The highest BCUT2D eigenvalue weighted by atomic mass is 16.5. The van der Waals surface area contributed by atoms with Crippen molar-refractivity contribution < 1.29 is 14.3 Å². The molecule has 2 aliphatic rings. The van der Waals surface area contributed by atoms with Crippen LogP contribution in [0.5, 0.6) is 11.5 Å². The van der Waals surface area contributed by atoms with E-state index in [0.717, 1.165) is 66.0 Å². The summed E-state index contributed by atoms with van der Waals surface area (Å²) in [6.07, 6.45) is 3.98. The summed E-state index contributed by atoms with van der Waals surface area (Å²) in [6.45, 7) is 3.02. The van der Waals surface area contributed by atoms with E-state index in [4.69, 9.17) is 9.47 Å². The van der Waals surface area contributed by atoms with Crippen molar-refractivity contribution in [2.24, 2.45) is 0 Å². The molecule has 5 rings (SSSR count). The monoisotopic (exact) mass is 474 g/mol. The number of benzene rings is 2. The maximum atomic E-state index is 12.9.